The fraction of sp³-hybridized carbons (Fsp3) is 0.308. The van der Waals surface area contributed by atoms with Crippen molar-refractivity contribution < 1.29 is 9.59 Å². The van der Waals surface area contributed by atoms with Crippen LogP contribution >= 0.6 is 11.8 Å². The molecule has 4 rings (SSSR count). The van der Waals surface area contributed by atoms with E-state index in [1.54, 1.807) is 12.1 Å². The van der Waals surface area contributed by atoms with Gasteiger partial charge in [-0.3, -0.25) is 19.1 Å². The van der Waals surface area contributed by atoms with Crippen molar-refractivity contribution in [3.05, 3.63) is 66.7 Å². The number of thioether (sulfide) groups is 1. The monoisotopic (exact) mass is 475 g/mol. The van der Waals surface area contributed by atoms with Gasteiger partial charge in [0, 0.05) is 12.1 Å². The predicted octanol–water partition coefficient (Wildman–Crippen LogP) is 4.89. The number of aromatic nitrogens is 3. The summed E-state index contributed by atoms with van der Waals surface area (Å²) in [6, 6.07) is 15.6. The van der Waals surface area contributed by atoms with E-state index in [2.05, 4.69) is 67.1 Å². The van der Waals surface area contributed by atoms with Crippen LogP contribution in [-0.4, -0.2) is 38.4 Å². The van der Waals surface area contributed by atoms with Crippen LogP contribution in [0.3, 0.4) is 0 Å². The molecule has 3 aromatic rings. The molecule has 7 nitrogen and oxygen atoms in total. The van der Waals surface area contributed by atoms with Crippen LogP contribution in [0.2, 0.25) is 0 Å². The normalized spacial score (nSPS) is 14.4. The van der Waals surface area contributed by atoms with Gasteiger partial charge in [0.25, 0.3) is 0 Å². The SMILES string of the molecule is C=CCn1c(S[C@H](C)C(=O)N2CC(=O)Nc3ccccc32)nnc1-c1ccc(C(C)(C)C)cc1. The van der Waals surface area contributed by atoms with Crippen LogP contribution in [0.4, 0.5) is 11.4 Å². The molecule has 0 fully saturated rings. The number of nitrogens with zero attached hydrogens (tertiary/aromatic N) is 4. The molecule has 0 aliphatic carbocycles. The molecule has 2 amide bonds. The number of hydrogen-bond acceptors (Lipinski definition) is 5. The molecular formula is C26H29N5O2S. The van der Waals surface area contributed by atoms with Crippen molar-refractivity contribution >= 4 is 35.0 Å². The minimum Gasteiger partial charge on any atom is -0.323 e. The van der Waals surface area contributed by atoms with Crippen LogP contribution in [0.25, 0.3) is 11.4 Å². The predicted molar refractivity (Wildman–Crippen MR) is 137 cm³/mol. The van der Waals surface area contributed by atoms with Gasteiger partial charge >= 0.3 is 0 Å². The fourth-order valence-electron chi connectivity index (χ4n) is 3.86. The molecule has 1 aliphatic heterocycles. The first-order valence-corrected chi connectivity index (χ1v) is 12.1. The summed E-state index contributed by atoms with van der Waals surface area (Å²) in [7, 11) is 0. The van der Waals surface area contributed by atoms with Crippen molar-refractivity contribution in [3.63, 3.8) is 0 Å². The van der Waals surface area contributed by atoms with Crippen molar-refractivity contribution in [3.8, 4) is 11.4 Å². The third-order valence-corrected chi connectivity index (χ3v) is 6.77. The van der Waals surface area contributed by atoms with E-state index in [0.29, 0.717) is 23.1 Å². The maximum Gasteiger partial charge on any atom is 0.244 e. The highest BCUT2D eigenvalue weighted by Gasteiger charge is 2.31. The minimum atomic E-state index is -0.470. The Morgan fingerprint density at radius 2 is 1.88 bits per heavy atom. The smallest absolute Gasteiger partial charge is 0.244 e. The summed E-state index contributed by atoms with van der Waals surface area (Å²) >= 11 is 1.33. The van der Waals surface area contributed by atoms with Gasteiger partial charge in [-0.15, -0.1) is 16.8 Å². The first-order valence-electron chi connectivity index (χ1n) is 11.2. The van der Waals surface area contributed by atoms with E-state index in [9.17, 15) is 9.59 Å². The Balaban J connectivity index is 1.58. The highest BCUT2D eigenvalue weighted by Crippen LogP contribution is 2.33. The Morgan fingerprint density at radius 3 is 2.56 bits per heavy atom. The van der Waals surface area contributed by atoms with Crippen molar-refractivity contribution in [2.75, 3.05) is 16.8 Å². The standard InChI is InChI=1S/C26H29N5O2S/c1-6-15-30-23(18-11-13-19(14-12-18)26(3,4)5)28-29-25(30)34-17(2)24(33)31-16-22(32)27-20-9-7-8-10-21(20)31/h6-14,17H,1,15-16H2,2-5H3,(H,27,32)/t17-/m1/s1. The molecule has 0 saturated carbocycles. The Kier molecular flexibility index (Phi) is 6.61. The zero-order chi connectivity index (χ0) is 24.5. The van der Waals surface area contributed by atoms with Crippen molar-refractivity contribution in [2.24, 2.45) is 0 Å². The average Bonchev–Trinajstić information content (AvgIpc) is 3.19. The Labute approximate surface area is 204 Å². The summed E-state index contributed by atoms with van der Waals surface area (Å²) in [5, 5.41) is 11.8. The van der Waals surface area contributed by atoms with E-state index in [4.69, 9.17) is 0 Å². The molecule has 0 bridgehead atoms. The Morgan fingerprint density at radius 1 is 1.18 bits per heavy atom. The number of amides is 2. The topological polar surface area (TPSA) is 80.1 Å². The van der Waals surface area contributed by atoms with Crippen LogP contribution in [0.15, 0.2) is 66.3 Å². The van der Waals surface area contributed by atoms with Gasteiger partial charge in [0.1, 0.15) is 6.54 Å². The molecule has 1 atom stereocenters. The number of para-hydroxylation sites is 2. The molecule has 0 saturated heterocycles. The number of benzene rings is 2. The van der Waals surface area contributed by atoms with Gasteiger partial charge in [-0.2, -0.15) is 0 Å². The van der Waals surface area contributed by atoms with Crippen LogP contribution in [-0.2, 0) is 21.5 Å². The minimum absolute atomic E-state index is 0.00846. The third-order valence-electron chi connectivity index (χ3n) is 5.70. The first kappa shape index (κ1) is 23.8. The second-order valence-corrected chi connectivity index (χ2v) is 10.6. The summed E-state index contributed by atoms with van der Waals surface area (Å²) in [6.07, 6.45) is 1.79. The molecule has 2 heterocycles. The first-order chi connectivity index (χ1) is 16.2. The molecule has 0 spiro atoms. The van der Waals surface area contributed by atoms with Gasteiger partial charge in [0.05, 0.1) is 16.6 Å². The lowest BCUT2D eigenvalue weighted by Gasteiger charge is -2.30. The van der Waals surface area contributed by atoms with Crippen LogP contribution < -0.4 is 10.2 Å². The van der Waals surface area contributed by atoms with Gasteiger partial charge in [-0.05, 0) is 30.0 Å². The summed E-state index contributed by atoms with van der Waals surface area (Å²) in [4.78, 5) is 27.0. The number of anilines is 2. The molecule has 2 aromatic carbocycles. The molecule has 1 N–H and O–H groups in total. The molecule has 1 aliphatic rings. The van der Waals surface area contributed by atoms with E-state index < -0.39 is 5.25 Å². The van der Waals surface area contributed by atoms with E-state index in [-0.39, 0.29) is 23.8 Å². The third kappa shape index (κ3) is 4.77. The zero-order valence-electron chi connectivity index (χ0n) is 19.9. The Hall–Kier alpha value is -3.39. The number of nitrogens with one attached hydrogen (secondary N) is 1. The number of rotatable bonds is 6. The van der Waals surface area contributed by atoms with Crippen molar-refractivity contribution in [1.29, 1.82) is 0 Å². The van der Waals surface area contributed by atoms with Crippen LogP contribution in [0, 0.1) is 0 Å². The van der Waals surface area contributed by atoms with E-state index >= 15 is 0 Å². The maximum absolute atomic E-state index is 13.3. The van der Waals surface area contributed by atoms with E-state index in [1.807, 2.05) is 29.7 Å². The number of allylic oxidation sites excluding steroid dienone is 1. The molecule has 34 heavy (non-hydrogen) atoms. The highest BCUT2D eigenvalue weighted by atomic mass is 32.2. The fourth-order valence-corrected chi connectivity index (χ4v) is 4.78. The summed E-state index contributed by atoms with van der Waals surface area (Å²) in [5.74, 6) is 0.363. The zero-order valence-corrected chi connectivity index (χ0v) is 20.7. The molecular weight excluding hydrogens is 446 g/mol. The molecule has 0 unspecified atom stereocenters. The number of carbonyl (C=O) groups is 2. The maximum atomic E-state index is 13.3. The van der Waals surface area contributed by atoms with Crippen LogP contribution in [0.5, 0.6) is 0 Å². The lowest BCUT2D eigenvalue weighted by atomic mass is 9.87. The quantitative estimate of drug-likeness (QED) is 0.405. The summed E-state index contributed by atoms with van der Waals surface area (Å²) in [5.41, 5.74) is 3.60. The van der Waals surface area contributed by atoms with Gasteiger partial charge in [0.2, 0.25) is 11.8 Å². The number of fused-ring (bicyclic) bond motifs is 1. The lowest BCUT2D eigenvalue weighted by molar-refractivity contribution is -0.121. The number of hydrogen-bond donors (Lipinski definition) is 1. The number of carbonyl (C=O) groups excluding carboxylic acids is 2. The molecule has 176 valence electrons. The van der Waals surface area contributed by atoms with Crippen LogP contribution in [0.1, 0.15) is 33.3 Å². The molecule has 1 aromatic heterocycles. The highest BCUT2D eigenvalue weighted by molar-refractivity contribution is 8.00. The average molecular weight is 476 g/mol. The molecule has 8 heteroatoms. The van der Waals surface area contributed by atoms with Crippen molar-refractivity contribution in [2.45, 2.75) is 50.1 Å². The summed E-state index contributed by atoms with van der Waals surface area (Å²) < 4.78 is 1.96. The van der Waals surface area contributed by atoms with E-state index in [0.717, 1.165) is 11.4 Å². The van der Waals surface area contributed by atoms with Gasteiger partial charge < -0.3 is 5.32 Å². The van der Waals surface area contributed by atoms with Crippen molar-refractivity contribution in [1.82, 2.24) is 14.8 Å². The van der Waals surface area contributed by atoms with Gasteiger partial charge in [0.15, 0.2) is 11.0 Å². The summed E-state index contributed by atoms with van der Waals surface area (Å²) in [6.45, 7) is 12.7. The largest absolute Gasteiger partial charge is 0.323 e. The second-order valence-electron chi connectivity index (χ2n) is 9.28. The second kappa shape index (κ2) is 9.46. The Bertz CT molecular complexity index is 1230. The lowest BCUT2D eigenvalue weighted by Crippen LogP contribution is -2.45. The van der Waals surface area contributed by atoms with Gasteiger partial charge in [-0.1, -0.05) is 75.0 Å². The molecule has 0 radical (unpaired) electrons. The van der Waals surface area contributed by atoms with Gasteiger partial charge in [-0.25, -0.2) is 0 Å². The van der Waals surface area contributed by atoms with E-state index in [1.165, 1.54) is 22.2 Å².